The molecule has 0 atom stereocenters. The second-order valence-electron chi connectivity index (χ2n) is 5.73. The number of aryl methyl sites for hydroxylation is 1. The Bertz CT molecular complexity index is 407. The fourth-order valence-corrected chi connectivity index (χ4v) is 2.90. The van der Waals surface area contributed by atoms with Gasteiger partial charge in [-0.3, -0.25) is 0 Å². The smallest absolute Gasteiger partial charge is 0.174 e. The molecular weight excluding hydrogens is 242 g/mol. The Hall–Kier alpha value is -1.18. The van der Waals surface area contributed by atoms with Crippen molar-refractivity contribution in [1.29, 1.82) is 0 Å². The first-order valence-electron chi connectivity index (χ1n) is 7.25. The van der Waals surface area contributed by atoms with Crippen molar-refractivity contribution >= 4 is 0 Å². The van der Waals surface area contributed by atoms with Crippen molar-refractivity contribution in [2.24, 2.45) is 5.92 Å². The predicted octanol–water partition coefficient (Wildman–Crippen LogP) is 5.69. The molecule has 0 bridgehead atoms. The third kappa shape index (κ3) is 4.45. The summed E-state index contributed by atoms with van der Waals surface area (Å²) in [4.78, 5) is 0. The lowest BCUT2D eigenvalue weighted by molar-refractivity contribution is 0.348. The highest BCUT2D eigenvalue weighted by atomic mass is 19.3. The molecule has 0 unspecified atom stereocenters. The van der Waals surface area contributed by atoms with Gasteiger partial charge in [0.15, 0.2) is 0 Å². The van der Waals surface area contributed by atoms with E-state index in [0.29, 0.717) is 18.8 Å². The number of halogens is 2. The van der Waals surface area contributed by atoms with E-state index >= 15 is 0 Å². The molecule has 0 saturated heterocycles. The Kier molecular flexibility index (Phi) is 5.12. The molecule has 0 spiro atoms. The van der Waals surface area contributed by atoms with Crippen LogP contribution in [0.15, 0.2) is 36.4 Å². The van der Waals surface area contributed by atoms with E-state index in [1.54, 1.807) is 0 Å². The minimum absolute atomic E-state index is 0.419. The molecule has 0 aliphatic heterocycles. The van der Waals surface area contributed by atoms with E-state index in [1.165, 1.54) is 31.2 Å². The minimum atomic E-state index is -1.58. The molecule has 1 saturated carbocycles. The van der Waals surface area contributed by atoms with Crippen LogP contribution in [0.1, 0.15) is 56.1 Å². The average molecular weight is 264 g/mol. The van der Waals surface area contributed by atoms with E-state index in [-0.39, 0.29) is 0 Å². The van der Waals surface area contributed by atoms with Crippen LogP contribution in [0.2, 0.25) is 0 Å². The summed E-state index contributed by atoms with van der Waals surface area (Å²) < 4.78 is 23.9. The number of hydrogen-bond donors (Lipinski definition) is 0. The summed E-state index contributed by atoms with van der Waals surface area (Å²) in [6, 6.07) is 8.56. The van der Waals surface area contributed by atoms with E-state index in [2.05, 4.69) is 31.2 Å². The summed E-state index contributed by atoms with van der Waals surface area (Å²) in [7, 11) is 0. The standard InChI is InChI=1S/C17H22F2/c1-13-5-9-15(10-6-13)16-11-7-14(8-12-16)3-2-4-17(18)19/h4,7-8,11-13,15H,2-3,5-6,9-10H2,1H3. The van der Waals surface area contributed by atoms with Crippen LogP contribution in [0, 0.1) is 5.92 Å². The van der Waals surface area contributed by atoms with Gasteiger partial charge in [-0.1, -0.05) is 44.0 Å². The second-order valence-corrected chi connectivity index (χ2v) is 5.73. The Labute approximate surface area is 114 Å². The molecule has 0 aromatic heterocycles. The van der Waals surface area contributed by atoms with E-state index < -0.39 is 6.08 Å². The van der Waals surface area contributed by atoms with Crippen LogP contribution in [0.3, 0.4) is 0 Å². The van der Waals surface area contributed by atoms with E-state index in [4.69, 9.17) is 0 Å². The maximum absolute atomic E-state index is 11.9. The molecule has 1 aliphatic carbocycles. The van der Waals surface area contributed by atoms with Gasteiger partial charge in [-0.15, -0.1) is 0 Å². The summed E-state index contributed by atoms with van der Waals surface area (Å²) >= 11 is 0. The molecule has 0 nitrogen and oxygen atoms in total. The van der Waals surface area contributed by atoms with E-state index in [1.807, 2.05) is 0 Å². The lowest BCUT2D eigenvalue weighted by atomic mass is 9.79. The second kappa shape index (κ2) is 6.83. The monoisotopic (exact) mass is 264 g/mol. The Morgan fingerprint density at radius 1 is 1.11 bits per heavy atom. The Morgan fingerprint density at radius 2 is 1.74 bits per heavy atom. The van der Waals surface area contributed by atoms with Gasteiger partial charge in [0, 0.05) is 0 Å². The first-order valence-corrected chi connectivity index (χ1v) is 7.25. The minimum Gasteiger partial charge on any atom is -0.174 e. The number of benzene rings is 1. The Morgan fingerprint density at radius 3 is 2.32 bits per heavy atom. The van der Waals surface area contributed by atoms with Crippen LogP contribution in [0.5, 0.6) is 0 Å². The van der Waals surface area contributed by atoms with Crippen LogP contribution in [0.25, 0.3) is 0 Å². The summed E-state index contributed by atoms with van der Waals surface area (Å²) in [5, 5.41) is 0. The number of rotatable bonds is 4. The van der Waals surface area contributed by atoms with Gasteiger partial charge in [0.05, 0.1) is 0 Å². The number of hydrogen-bond acceptors (Lipinski definition) is 0. The summed E-state index contributed by atoms with van der Waals surface area (Å²) in [5.41, 5.74) is 2.56. The van der Waals surface area contributed by atoms with Crippen LogP contribution in [0.4, 0.5) is 8.78 Å². The molecule has 104 valence electrons. The van der Waals surface area contributed by atoms with Crippen molar-refractivity contribution < 1.29 is 8.78 Å². The lowest BCUT2D eigenvalue weighted by Gasteiger charge is -2.26. The normalized spacial score (nSPS) is 23.1. The van der Waals surface area contributed by atoms with Crippen LogP contribution < -0.4 is 0 Å². The zero-order valence-corrected chi connectivity index (χ0v) is 11.5. The lowest BCUT2D eigenvalue weighted by Crippen LogP contribution is -2.10. The summed E-state index contributed by atoms with van der Waals surface area (Å²) in [6.45, 7) is 2.33. The molecule has 0 amide bonds. The maximum Gasteiger partial charge on any atom is 0.266 e. The molecule has 1 aliphatic rings. The van der Waals surface area contributed by atoms with Crippen molar-refractivity contribution in [2.75, 3.05) is 0 Å². The van der Waals surface area contributed by atoms with Crippen molar-refractivity contribution in [2.45, 2.75) is 51.4 Å². The third-order valence-corrected chi connectivity index (χ3v) is 4.20. The zero-order chi connectivity index (χ0) is 13.7. The quantitative estimate of drug-likeness (QED) is 0.655. The van der Waals surface area contributed by atoms with Gasteiger partial charge in [-0.05, 0) is 54.7 Å². The molecule has 1 aromatic carbocycles. The molecule has 1 fully saturated rings. The first kappa shape index (κ1) is 14.2. The molecular formula is C17H22F2. The van der Waals surface area contributed by atoms with Crippen molar-refractivity contribution in [3.05, 3.63) is 47.5 Å². The van der Waals surface area contributed by atoms with Crippen LogP contribution in [-0.2, 0) is 6.42 Å². The van der Waals surface area contributed by atoms with Gasteiger partial charge in [-0.25, -0.2) is 0 Å². The van der Waals surface area contributed by atoms with E-state index in [0.717, 1.165) is 17.6 Å². The zero-order valence-electron chi connectivity index (χ0n) is 11.5. The van der Waals surface area contributed by atoms with Gasteiger partial charge < -0.3 is 0 Å². The predicted molar refractivity (Wildman–Crippen MR) is 75.4 cm³/mol. The molecule has 0 radical (unpaired) electrons. The fourth-order valence-electron chi connectivity index (χ4n) is 2.90. The number of allylic oxidation sites excluding steroid dienone is 1. The van der Waals surface area contributed by atoms with Gasteiger partial charge in [-0.2, -0.15) is 8.78 Å². The summed E-state index contributed by atoms with van der Waals surface area (Å²) in [6.07, 6.45) is 5.76. The van der Waals surface area contributed by atoms with Crippen LogP contribution >= 0.6 is 0 Å². The largest absolute Gasteiger partial charge is 0.266 e. The fraction of sp³-hybridized carbons (Fsp3) is 0.529. The molecule has 0 N–H and O–H groups in total. The molecule has 2 rings (SSSR count). The van der Waals surface area contributed by atoms with Gasteiger partial charge in [0.1, 0.15) is 0 Å². The Balaban J connectivity index is 1.89. The van der Waals surface area contributed by atoms with Crippen molar-refractivity contribution in [3.8, 4) is 0 Å². The topological polar surface area (TPSA) is 0 Å². The third-order valence-electron chi connectivity index (χ3n) is 4.20. The molecule has 1 aromatic rings. The maximum atomic E-state index is 11.9. The van der Waals surface area contributed by atoms with Crippen LogP contribution in [-0.4, -0.2) is 0 Å². The SMILES string of the molecule is CC1CCC(c2ccc(CCC=C(F)F)cc2)CC1. The van der Waals surface area contributed by atoms with E-state index in [9.17, 15) is 8.78 Å². The highest BCUT2D eigenvalue weighted by Crippen LogP contribution is 2.35. The molecule has 2 heteroatoms. The summed E-state index contributed by atoms with van der Waals surface area (Å²) in [5.74, 6) is 1.58. The van der Waals surface area contributed by atoms with Gasteiger partial charge in [0.2, 0.25) is 0 Å². The van der Waals surface area contributed by atoms with Gasteiger partial charge in [0.25, 0.3) is 6.08 Å². The average Bonchev–Trinajstić information content (AvgIpc) is 2.40. The highest BCUT2D eigenvalue weighted by molar-refractivity contribution is 5.26. The molecule has 0 heterocycles. The first-order chi connectivity index (χ1) is 9.15. The van der Waals surface area contributed by atoms with Crippen molar-refractivity contribution in [1.82, 2.24) is 0 Å². The van der Waals surface area contributed by atoms with Crippen molar-refractivity contribution in [3.63, 3.8) is 0 Å². The molecule has 19 heavy (non-hydrogen) atoms. The van der Waals surface area contributed by atoms with Gasteiger partial charge >= 0.3 is 0 Å². The highest BCUT2D eigenvalue weighted by Gasteiger charge is 2.19.